The third-order valence-electron chi connectivity index (χ3n) is 4.20. The van der Waals surface area contributed by atoms with E-state index in [1.807, 2.05) is 0 Å². The molecular weight excluding hydrogens is 392 g/mol. The van der Waals surface area contributed by atoms with E-state index < -0.39 is 36.7 Å². The minimum absolute atomic E-state index is 0.198. The first-order valence-corrected chi connectivity index (χ1v) is 9.01. The maximum absolute atomic E-state index is 12.1. The highest BCUT2D eigenvalue weighted by Crippen LogP contribution is 2.41. The van der Waals surface area contributed by atoms with Gasteiger partial charge in [-0.25, -0.2) is 0 Å². The van der Waals surface area contributed by atoms with E-state index in [0.717, 1.165) is 11.1 Å². The summed E-state index contributed by atoms with van der Waals surface area (Å²) in [5.41, 5.74) is 2.54. The van der Waals surface area contributed by atoms with Crippen molar-refractivity contribution in [1.29, 1.82) is 0 Å². The molecule has 0 amide bonds. The van der Waals surface area contributed by atoms with E-state index in [1.165, 1.54) is 14.2 Å². The van der Waals surface area contributed by atoms with Crippen molar-refractivity contribution in [3.05, 3.63) is 47.5 Å². The van der Waals surface area contributed by atoms with E-state index in [9.17, 15) is 19.2 Å². The Labute approximate surface area is 173 Å². The Balaban J connectivity index is 2.46. The summed E-state index contributed by atoms with van der Waals surface area (Å²) in [4.78, 5) is 47.0. The van der Waals surface area contributed by atoms with Gasteiger partial charge < -0.3 is 18.9 Å². The zero-order chi connectivity index (χ0) is 22.3. The molecule has 0 unspecified atom stereocenters. The monoisotopic (exact) mass is 414 g/mol. The van der Waals surface area contributed by atoms with Crippen molar-refractivity contribution in [2.75, 3.05) is 14.2 Å². The van der Waals surface area contributed by atoms with Crippen LogP contribution < -0.4 is 9.47 Å². The number of benzene rings is 2. The van der Waals surface area contributed by atoms with Gasteiger partial charge in [0.05, 0.1) is 14.2 Å². The lowest BCUT2D eigenvalue weighted by Crippen LogP contribution is -2.16. The SMILES string of the molecule is COC(=O)CC(=O)Oc1cccc(C)c1-c1c(C)cccc1OC(=O)CC(=O)OC. The molecule has 0 atom stereocenters. The van der Waals surface area contributed by atoms with Crippen molar-refractivity contribution in [3.8, 4) is 22.6 Å². The van der Waals surface area contributed by atoms with Crippen LogP contribution in [-0.2, 0) is 28.7 Å². The van der Waals surface area contributed by atoms with Gasteiger partial charge in [0.25, 0.3) is 0 Å². The summed E-state index contributed by atoms with van der Waals surface area (Å²) < 4.78 is 19.8. The zero-order valence-corrected chi connectivity index (χ0v) is 17.1. The van der Waals surface area contributed by atoms with Crippen molar-refractivity contribution in [2.45, 2.75) is 26.7 Å². The quantitative estimate of drug-likeness (QED) is 0.387. The molecule has 30 heavy (non-hydrogen) atoms. The molecule has 0 saturated carbocycles. The Hall–Kier alpha value is -3.68. The number of ether oxygens (including phenoxy) is 4. The summed E-state index contributed by atoms with van der Waals surface area (Å²) in [6.45, 7) is 3.61. The molecule has 0 saturated heterocycles. The van der Waals surface area contributed by atoms with Gasteiger partial charge in [-0.15, -0.1) is 0 Å². The van der Waals surface area contributed by atoms with Crippen LogP contribution in [0.25, 0.3) is 11.1 Å². The Morgan fingerprint density at radius 1 is 0.633 bits per heavy atom. The molecule has 0 bridgehead atoms. The molecule has 8 heteroatoms. The van der Waals surface area contributed by atoms with E-state index >= 15 is 0 Å². The fourth-order valence-corrected chi connectivity index (χ4v) is 2.79. The largest absolute Gasteiger partial charge is 0.469 e. The summed E-state index contributed by atoms with van der Waals surface area (Å²) in [6.07, 6.45) is -1.09. The second-order valence-corrected chi connectivity index (χ2v) is 6.35. The molecule has 8 nitrogen and oxygen atoms in total. The molecule has 0 spiro atoms. The molecule has 0 aliphatic carbocycles. The average Bonchev–Trinajstić information content (AvgIpc) is 2.69. The molecular formula is C22H22O8. The van der Waals surface area contributed by atoms with Crippen LogP contribution in [0.15, 0.2) is 36.4 Å². The summed E-state index contributed by atoms with van der Waals surface area (Å²) in [5, 5.41) is 0. The molecule has 0 heterocycles. The summed E-state index contributed by atoms with van der Waals surface area (Å²) >= 11 is 0. The third-order valence-corrected chi connectivity index (χ3v) is 4.20. The van der Waals surface area contributed by atoms with Crippen LogP contribution in [0.4, 0.5) is 0 Å². The van der Waals surface area contributed by atoms with E-state index in [4.69, 9.17) is 9.47 Å². The highest BCUT2D eigenvalue weighted by Gasteiger charge is 2.22. The van der Waals surface area contributed by atoms with Crippen LogP contribution in [0.2, 0.25) is 0 Å². The molecule has 2 aromatic rings. The number of hydrogen-bond donors (Lipinski definition) is 0. The predicted octanol–water partition coefficient (Wildman–Crippen LogP) is 2.91. The Bertz CT molecular complexity index is 898. The standard InChI is InChI=1S/C22H22O8/c1-13-7-5-9-15(29-19(25)11-17(23)27-3)21(13)22-14(2)8-6-10-16(22)30-20(26)12-18(24)28-4/h5-10H,11-12H2,1-4H3. The van der Waals surface area contributed by atoms with E-state index in [0.29, 0.717) is 11.1 Å². The molecule has 0 aromatic heterocycles. The highest BCUT2D eigenvalue weighted by atomic mass is 16.6. The Morgan fingerprint density at radius 2 is 1.00 bits per heavy atom. The second-order valence-electron chi connectivity index (χ2n) is 6.35. The van der Waals surface area contributed by atoms with Crippen LogP contribution in [0.5, 0.6) is 11.5 Å². The number of carbonyl (C=O) groups excluding carboxylic acids is 4. The molecule has 2 aromatic carbocycles. The van der Waals surface area contributed by atoms with Gasteiger partial charge in [-0.1, -0.05) is 24.3 Å². The number of aryl methyl sites for hydroxylation is 2. The van der Waals surface area contributed by atoms with Gasteiger partial charge in [-0.2, -0.15) is 0 Å². The van der Waals surface area contributed by atoms with Gasteiger partial charge in [-0.05, 0) is 37.1 Å². The molecule has 0 radical (unpaired) electrons. The average molecular weight is 414 g/mol. The van der Waals surface area contributed by atoms with E-state index in [2.05, 4.69) is 9.47 Å². The van der Waals surface area contributed by atoms with Crippen molar-refractivity contribution in [1.82, 2.24) is 0 Å². The fourth-order valence-electron chi connectivity index (χ4n) is 2.79. The van der Waals surface area contributed by atoms with Crippen molar-refractivity contribution >= 4 is 23.9 Å². The minimum atomic E-state index is -0.786. The number of carbonyl (C=O) groups is 4. The first kappa shape index (κ1) is 22.6. The number of rotatable bonds is 7. The summed E-state index contributed by atoms with van der Waals surface area (Å²) in [7, 11) is 2.35. The van der Waals surface area contributed by atoms with Crippen LogP contribution in [0.3, 0.4) is 0 Å². The molecule has 158 valence electrons. The van der Waals surface area contributed by atoms with Gasteiger partial charge in [0, 0.05) is 11.1 Å². The van der Waals surface area contributed by atoms with Crippen LogP contribution in [0, 0.1) is 13.8 Å². The first-order valence-electron chi connectivity index (χ1n) is 9.01. The minimum Gasteiger partial charge on any atom is -0.469 e. The lowest BCUT2D eigenvalue weighted by molar-refractivity contribution is -0.150. The van der Waals surface area contributed by atoms with Crippen LogP contribution in [0.1, 0.15) is 24.0 Å². The Morgan fingerprint density at radius 3 is 1.33 bits per heavy atom. The molecule has 0 N–H and O–H groups in total. The van der Waals surface area contributed by atoms with Crippen molar-refractivity contribution in [2.24, 2.45) is 0 Å². The molecule has 0 fully saturated rings. The predicted molar refractivity (Wildman–Crippen MR) is 106 cm³/mol. The number of esters is 4. The summed E-state index contributed by atoms with van der Waals surface area (Å²) in [5.74, 6) is -2.62. The molecule has 2 rings (SSSR count). The smallest absolute Gasteiger partial charge is 0.322 e. The maximum Gasteiger partial charge on any atom is 0.322 e. The lowest BCUT2D eigenvalue weighted by Gasteiger charge is -2.18. The van der Waals surface area contributed by atoms with Crippen LogP contribution in [-0.4, -0.2) is 38.1 Å². The van der Waals surface area contributed by atoms with Crippen molar-refractivity contribution < 1.29 is 38.1 Å². The van der Waals surface area contributed by atoms with Gasteiger partial charge in [0.15, 0.2) is 0 Å². The third kappa shape index (κ3) is 5.66. The number of hydrogen-bond acceptors (Lipinski definition) is 8. The van der Waals surface area contributed by atoms with Crippen LogP contribution >= 0.6 is 0 Å². The molecule has 0 aliphatic heterocycles. The van der Waals surface area contributed by atoms with E-state index in [-0.39, 0.29) is 11.5 Å². The highest BCUT2D eigenvalue weighted by molar-refractivity contribution is 5.95. The lowest BCUT2D eigenvalue weighted by atomic mass is 9.94. The normalized spacial score (nSPS) is 10.1. The topological polar surface area (TPSA) is 105 Å². The van der Waals surface area contributed by atoms with Gasteiger partial charge in [-0.3, -0.25) is 19.2 Å². The van der Waals surface area contributed by atoms with E-state index in [1.54, 1.807) is 50.2 Å². The maximum atomic E-state index is 12.1. The number of methoxy groups -OCH3 is 2. The fraction of sp³-hybridized carbons (Fsp3) is 0.273. The van der Waals surface area contributed by atoms with Crippen molar-refractivity contribution in [3.63, 3.8) is 0 Å². The summed E-state index contributed by atoms with van der Waals surface area (Å²) in [6, 6.07) is 10.1. The first-order chi connectivity index (χ1) is 14.3. The zero-order valence-electron chi connectivity index (χ0n) is 17.1. The van der Waals surface area contributed by atoms with Gasteiger partial charge in [0.1, 0.15) is 24.3 Å². The molecule has 0 aliphatic rings. The second kappa shape index (κ2) is 10.2. The van der Waals surface area contributed by atoms with Gasteiger partial charge >= 0.3 is 23.9 Å². The van der Waals surface area contributed by atoms with Gasteiger partial charge in [0.2, 0.25) is 0 Å². The Kier molecular flexibility index (Phi) is 7.69.